The number of hydrogen-bond donors (Lipinski definition) is 2. The molecule has 3 aromatic rings. The summed E-state index contributed by atoms with van der Waals surface area (Å²) >= 11 is 12.0. The Morgan fingerprint density at radius 2 is 1.88 bits per heavy atom. The zero-order valence-electron chi connectivity index (χ0n) is 13.8. The topological polar surface area (TPSA) is 44.9 Å². The van der Waals surface area contributed by atoms with E-state index in [1.165, 1.54) is 10.9 Å². The van der Waals surface area contributed by atoms with Crippen LogP contribution in [0.4, 0.5) is 0 Å². The van der Waals surface area contributed by atoms with E-state index < -0.39 is 0 Å². The number of benzene rings is 2. The average molecular weight is 375 g/mol. The molecule has 3 nitrogen and oxygen atoms in total. The zero-order chi connectivity index (χ0) is 17.6. The predicted molar refractivity (Wildman–Crippen MR) is 104 cm³/mol. The molecule has 1 heterocycles. The first-order valence-corrected chi connectivity index (χ1v) is 9.14. The summed E-state index contributed by atoms with van der Waals surface area (Å²) in [7, 11) is 0. The maximum atomic E-state index is 12.0. The van der Waals surface area contributed by atoms with E-state index >= 15 is 0 Å². The normalized spacial score (nSPS) is 11.0. The maximum Gasteiger partial charge on any atom is 0.220 e. The Hall–Kier alpha value is -1.97. The summed E-state index contributed by atoms with van der Waals surface area (Å²) in [6.45, 7) is 0.577. The Kier molecular flexibility index (Phi) is 6.00. The number of para-hydroxylation sites is 1. The van der Waals surface area contributed by atoms with Crippen molar-refractivity contribution < 1.29 is 4.79 Å². The number of amides is 1. The molecular formula is C20H20Cl2N2O. The van der Waals surface area contributed by atoms with Crippen molar-refractivity contribution in [3.8, 4) is 0 Å². The highest BCUT2D eigenvalue weighted by atomic mass is 35.5. The number of carbonyl (C=O) groups excluding carboxylic acids is 1. The third-order valence-corrected chi connectivity index (χ3v) is 4.84. The van der Waals surface area contributed by atoms with Crippen molar-refractivity contribution in [1.29, 1.82) is 0 Å². The Labute approximate surface area is 157 Å². The Morgan fingerprint density at radius 3 is 2.72 bits per heavy atom. The molecule has 1 amide bonds. The van der Waals surface area contributed by atoms with Gasteiger partial charge in [-0.2, -0.15) is 0 Å². The Balaban J connectivity index is 1.41. The van der Waals surface area contributed by atoms with Gasteiger partial charge in [0.25, 0.3) is 0 Å². The molecule has 0 aliphatic rings. The number of nitrogens with one attached hydrogen (secondary N) is 2. The molecule has 5 heteroatoms. The van der Waals surface area contributed by atoms with Crippen LogP contribution in [-0.4, -0.2) is 17.4 Å². The summed E-state index contributed by atoms with van der Waals surface area (Å²) in [6, 6.07) is 13.7. The van der Waals surface area contributed by atoms with Gasteiger partial charge in [-0.05, 0) is 48.6 Å². The largest absolute Gasteiger partial charge is 0.361 e. The van der Waals surface area contributed by atoms with Gasteiger partial charge in [0.15, 0.2) is 0 Å². The highest BCUT2D eigenvalue weighted by Gasteiger charge is 2.06. The molecule has 0 radical (unpaired) electrons. The van der Waals surface area contributed by atoms with Crippen molar-refractivity contribution in [2.45, 2.75) is 25.7 Å². The molecule has 0 saturated heterocycles. The zero-order valence-corrected chi connectivity index (χ0v) is 15.3. The second kappa shape index (κ2) is 8.41. The number of H-pyrrole nitrogens is 1. The molecule has 1 aromatic heterocycles. The van der Waals surface area contributed by atoms with Crippen LogP contribution < -0.4 is 5.32 Å². The van der Waals surface area contributed by atoms with Crippen LogP contribution in [-0.2, 0) is 17.6 Å². The quantitative estimate of drug-likeness (QED) is 0.589. The van der Waals surface area contributed by atoms with Crippen LogP contribution in [0.25, 0.3) is 10.9 Å². The van der Waals surface area contributed by atoms with E-state index in [0.29, 0.717) is 29.4 Å². The minimum atomic E-state index is 0.0740. The molecule has 0 bridgehead atoms. The van der Waals surface area contributed by atoms with Gasteiger partial charge in [-0.1, -0.05) is 47.5 Å². The van der Waals surface area contributed by atoms with E-state index in [9.17, 15) is 4.79 Å². The van der Waals surface area contributed by atoms with Gasteiger partial charge < -0.3 is 10.3 Å². The fourth-order valence-electron chi connectivity index (χ4n) is 2.93. The highest BCUT2D eigenvalue weighted by molar-refractivity contribution is 6.35. The number of halogens is 2. The van der Waals surface area contributed by atoms with Crippen LogP contribution in [0.5, 0.6) is 0 Å². The first kappa shape index (κ1) is 17.8. The third-order valence-electron chi connectivity index (χ3n) is 4.26. The van der Waals surface area contributed by atoms with E-state index in [1.807, 2.05) is 30.5 Å². The van der Waals surface area contributed by atoms with E-state index in [4.69, 9.17) is 23.2 Å². The summed E-state index contributed by atoms with van der Waals surface area (Å²) in [5.74, 6) is 0.0740. The van der Waals surface area contributed by atoms with E-state index in [0.717, 1.165) is 23.9 Å². The second-order valence-electron chi connectivity index (χ2n) is 6.05. The van der Waals surface area contributed by atoms with Gasteiger partial charge in [-0.25, -0.2) is 0 Å². The lowest BCUT2D eigenvalue weighted by Crippen LogP contribution is -2.25. The summed E-state index contributed by atoms with van der Waals surface area (Å²) in [5.41, 5.74) is 3.39. The molecule has 25 heavy (non-hydrogen) atoms. The van der Waals surface area contributed by atoms with Crippen molar-refractivity contribution in [3.63, 3.8) is 0 Å². The number of rotatable bonds is 7. The summed E-state index contributed by atoms with van der Waals surface area (Å²) < 4.78 is 0. The van der Waals surface area contributed by atoms with Gasteiger partial charge in [0, 0.05) is 40.1 Å². The minimum Gasteiger partial charge on any atom is -0.361 e. The summed E-state index contributed by atoms with van der Waals surface area (Å²) in [4.78, 5) is 15.3. The van der Waals surface area contributed by atoms with Crippen LogP contribution in [0.15, 0.2) is 48.7 Å². The van der Waals surface area contributed by atoms with E-state index in [2.05, 4.69) is 22.4 Å². The predicted octanol–water partition coefficient (Wildman–Crippen LogP) is 5.16. The minimum absolute atomic E-state index is 0.0740. The molecule has 130 valence electrons. The van der Waals surface area contributed by atoms with Crippen molar-refractivity contribution in [2.24, 2.45) is 0 Å². The van der Waals surface area contributed by atoms with Crippen molar-refractivity contribution in [2.75, 3.05) is 6.54 Å². The smallest absolute Gasteiger partial charge is 0.220 e. The number of aryl methyl sites for hydroxylation is 1. The lowest BCUT2D eigenvalue weighted by molar-refractivity contribution is -0.121. The number of carbonyl (C=O) groups is 1. The molecule has 0 saturated carbocycles. The Morgan fingerprint density at radius 1 is 1.04 bits per heavy atom. The molecule has 2 aromatic carbocycles. The van der Waals surface area contributed by atoms with Gasteiger partial charge in [-0.3, -0.25) is 4.79 Å². The monoisotopic (exact) mass is 374 g/mol. The first-order valence-electron chi connectivity index (χ1n) is 8.39. The highest BCUT2D eigenvalue weighted by Crippen LogP contribution is 2.21. The fraction of sp³-hybridized carbons (Fsp3) is 0.250. The van der Waals surface area contributed by atoms with Crippen LogP contribution in [0.1, 0.15) is 24.0 Å². The standard InChI is InChI=1S/C20H20Cl2N2O/c21-16-9-8-14(18(22)12-16)10-11-23-20(25)7-3-4-15-13-24-19-6-2-1-5-17(15)19/h1-2,5-6,8-9,12-13,24H,3-4,7,10-11H2,(H,23,25). The van der Waals surface area contributed by atoms with Gasteiger partial charge in [0.1, 0.15) is 0 Å². The number of hydrogen-bond acceptors (Lipinski definition) is 1. The molecule has 0 atom stereocenters. The van der Waals surface area contributed by atoms with Crippen LogP contribution in [0.3, 0.4) is 0 Å². The third kappa shape index (κ3) is 4.77. The number of aromatic nitrogens is 1. The molecular weight excluding hydrogens is 355 g/mol. The van der Waals surface area contributed by atoms with Crippen LogP contribution in [0.2, 0.25) is 10.0 Å². The molecule has 0 unspecified atom stereocenters. The summed E-state index contributed by atoms with van der Waals surface area (Å²) in [6.07, 6.45) is 4.97. The van der Waals surface area contributed by atoms with Gasteiger partial charge in [0.2, 0.25) is 5.91 Å². The second-order valence-corrected chi connectivity index (χ2v) is 6.89. The summed E-state index contributed by atoms with van der Waals surface area (Å²) in [5, 5.41) is 5.45. The van der Waals surface area contributed by atoms with E-state index in [1.54, 1.807) is 6.07 Å². The van der Waals surface area contributed by atoms with Crippen molar-refractivity contribution >= 4 is 40.0 Å². The average Bonchev–Trinajstić information content (AvgIpc) is 3.00. The Bertz CT molecular complexity index is 873. The van der Waals surface area contributed by atoms with Crippen LogP contribution >= 0.6 is 23.2 Å². The van der Waals surface area contributed by atoms with Gasteiger partial charge >= 0.3 is 0 Å². The van der Waals surface area contributed by atoms with Gasteiger partial charge in [-0.15, -0.1) is 0 Å². The number of aromatic amines is 1. The first-order chi connectivity index (χ1) is 12.1. The molecule has 3 rings (SSSR count). The maximum absolute atomic E-state index is 12.0. The molecule has 2 N–H and O–H groups in total. The molecule has 0 aliphatic carbocycles. The number of fused-ring (bicyclic) bond motifs is 1. The molecule has 0 fully saturated rings. The molecule has 0 aliphatic heterocycles. The van der Waals surface area contributed by atoms with E-state index in [-0.39, 0.29) is 5.91 Å². The lowest BCUT2D eigenvalue weighted by atomic mass is 10.1. The van der Waals surface area contributed by atoms with Crippen molar-refractivity contribution in [1.82, 2.24) is 10.3 Å². The lowest BCUT2D eigenvalue weighted by Gasteiger charge is -2.07. The van der Waals surface area contributed by atoms with Crippen LogP contribution in [0, 0.1) is 0 Å². The van der Waals surface area contributed by atoms with Gasteiger partial charge in [0.05, 0.1) is 0 Å². The molecule has 0 spiro atoms. The SMILES string of the molecule is O=C(CCCc1c[nH]c2ccccc12)NCCc1ccc(Cl)cc1Cl. The fourth-order valence-corrected chi connectivity index (χ4v) is 3.43. The van der Waals surface area contributed by atoms with Crippen molar-refractivity contribution in [3.05, 3.63) is 69.8 Å².